The monoisotopic (exact) mass is 271 g/mol. The lowest BCUT2D eigenvalue weighted by Gasteiger charge is -2.42. The Bertz CT molecular complexity index is 436. The zero-order valence-corrected chi connectivity index (χ0v) is 12.3. The van der Waals surface area contributed by atoms with Crippen molar-refractivity contribution in [1.82, 2.24) is 4.90 Å². The van der Waals surface area contributed by atoms with Crippen LogP contribution in [0.3, 0.4) is 0 Å². The minimum Gasteiger partial charge on any atom is -0.335 e. The van der Waals surface area contributed by atoms with E-state index in [0.717, 1.165) is 18.0 Å². The van der Waals surface area contributed by atoms with Crippen molar-refractivity contribution in [3.05, 3.63) is 35.9 Å². The van der Waals surface area contributed by atoms with Crippen LogP contribution in [0.25, 0.3) is 0 Å². The third-order valence-electron chi connectivity index (χ3n) is 5.02. The Morgan fingerprint density at radius 2 is 1.60 bits per heavy atom. The number of rotatable bonds is 2. The van der Waals surface area contributed by atoms with Crippen molar-refractivity contribution in [1.29, 1.82) is 0 Å². The molecule has 1 saturated carbocycles. The highest BCUT2D eigenvalue weighted by molar-refractivity contribution is 5.94. The number of nitrogens with zero attached hydrogens (tertiary/aromatic N) is 1. The lowest BCUT2D eigenvalue weighted by Crippen LogP contribution is -2.48. The zero-order valence-electron chi connectivity index (χ0n) is 12.3. The number of hydrogen-bond donors (Lipinski definition) is 0. The number of hydrogen-bond acceptors (Lipinski definition) is 1. The van der Waals surface area contributed by atoms with Crippen LogP contribution in [0.1, 0.15) is 61.7 Å². The van der Waals surface area contributed by atoms with Gasteiger partial charge in [0, 0.05) is 18.2 Å². The lowest BCUT2D eigenvalue weighted by molar-refractivity contribution is 0.0467. The van der Waals surface area contributed by atoms with Crippen LogP contribution in [0.2, 0.25) is 0 Å². The molecule has 0 aromatic heterocycles. The van der Waals surface area contributed by atoms with Crippen LogP contribution in [-0.2, 0) is 0 Å². The van der Waals surface area contributed by atoms with Gasteiger partial charge < -0.3 is 4.90 Å². The quantitative estimate of drug-likeness (QED) is 0.787. The third-order valence-corrected chi connectivity index (χ3v) is 5.02. The molecule has 2 heteroatoms. The van der Waals surface area contributed by atoms with Crippen molar-refractivity contribution in [2.45, 2.75) is 57.4 Å². The summed E-state index contributed by atoms with van der Waals surface area (Å²) in [4.78, 5) is 15.0. The van der Waals surface area contributed by atoms with E-state index in [9.17, 15) is 4.79 Å². The molecule has 1 aromatic carbocycles. The molecule has 1 saturated heterocycles. The van der Waals surface area contributed by atoms with Gasteiger partial charge in [0.05, 0.1) is 0 Å². The van der Waals surface area contributed by atoms with E-state index in [2.05, 4.69) is 4.90 Å². The van der Waals surface area contributed by atoms with Crippen LogP contribution < -0.4 is 0 Å². The molecule has 0 radical (unpaired) electrons. The second-order valence-corrected chi connectivity index (χ2v) is 6.33. The lowest BCUT2D eigenvalue weighted by atomic mass is 9.79. The predicted molar refractivity (Wildman–Crippen MR) is 81.7 cm³/mol. The summed E-state index contributed by atoms with van der Waals surface area (Å²) >= 11 is 0. The summed E-state index contributed by atoms with van der Waals surface area (Å²) in [5, 5.41) is 0. The Morgan fingerprint density at radius 1 is 0.900 bits per heavy atom. The van der Waals surface area contributed by atoms with E-state index in [4.69, 9.17) is 0 Å². The summed E-state index contributed by atoms with van der Waals surface area (Å²) in [6.07, 6.45) is 10.4. The first-order chi connectivity index (χ1) is 9.86. The normalized spacial score (nSPS) is 24.6. The summed E-state index contributed by atoms with van der Waals surface area (Å²) in [7, 11) is 0. The Balaban J connectivity index is 1.76. The average molecular weight is 271 g/mol. The molecule has 1 aliphatic heterocycles. The maximum absolute atomic E-state index is 12.8. The van der Waals surface area contributed by atoms with Gasteiger partial charge in [-0.05, 0) is 50.2 Å². The van der Waals surface area contributed by atoms with Crippen molar-refractivity contribution < 1.29 is 4.79 Å². The fourth-order valence-corrected chi connectivity index (χ4v) is 3.97. The Morgan fingerprint density at radius 3 is 2.35 bits per heavy atom. The average Bonchev–Trinajstić information content (AvgIpc) is 2.56. The van der Waals surface area contributed by atoms with Gasteiger partial charge in [0.1, 0.15) is 0 Å². The van der Waals surface area contributed by atoms with Gasteiger partial charge in [-0.15, -0.1) is 0 Å². The van der Waals surface area contributed by atoms with Crippen LogP contribution in [0.15, 0.2) is 30.3 Å². The van der Waals surface area contributed by atoms with Crippen LogP contribution in [0, 0.1) is 5.92 Å². The second kappa shape index (κ2) is 6.43. The van der Waals surface area contributed by atoms with E-state index >= 15 is 0 Å². The first-order valence-electron chi connectivity index (χ1n) is 8.22. The molecular formula is C18H25NO. The SMILES string of the molecule is O=C(c1ccccc1)N1CCCCC1C1CCCCC1. The highest BCUT2D eigenvalue weighted by Gasteiger charge is 2.33. The summed E-state index contributed by atoms with van der Waals surface area (Å²) in [6.45, 7) is 0.953. The van der Waals surface area contributed by atoms with Crippen LogP contribution >= 0.6 is 0 Å². The fraction of sp³-hybridized carbons (Fsp3) is 0.611. The fourth-order valence-electron chi connectivity index (χ4n) is 3.97. The van der Waals surface area contributed by atoms with Crippen LogP contribution in [0.5, 0.6) is 0 Å². The molecule has 1 heterocycles. The Labute approximate surface area is 122 Å². The van der Waals surface area contributed by atoms with Crippen LogP contribution in [0.4, 0.5) is 0 Å². The number of likely N-dealkylation sites (tertiary alicyclic amines) is 1. The van der Waals surface area contributed by atoms with Gasteiger partial charge in [-0.3, -0.25) is 4.79 Å². The first kappa shape index (κ1) is 13.7. The predicted octanol–water partition coefficient (Wildman–Crippen LogP) is 4.26. The minimum absolute atomic E-state index is 0.251. The summed E-state index contributed by atoms with van der Waals surface area (Å²) in [5.74, 6) is 0.998. The first-order valence-corrected chi connectivity index (χ1v) is 8.22. The molecule has 0 N–H and O–H groups in total. The molecule has 2 aliphatic rings. The number of amides is 1. The largest absolute Gasteiger partial charge is 0.335 e. The highest BCUT2D eigenvalue weighted by atomic mass is 16.2. The number of carbonyl (C=O) groups excluding carboxylic acids is 1. The third kappa shape index (κ3) is 2.89. The van der Waals surface area contributed by atoms with Crippen molar-refractivity contribution in [3.63, 3.8) is 0 Å². The molecule has 2 fully saturated rings. The van der Waals surface area contributed by atoms with E-state index in [1.54, 1.807) is 0 Å². The van der Waals surface area contributed by atoms with Gasteiger partial charge in [-0.25, -0.2) is 0 Å². The van der Waals surface area contributed by atoms with Gasteiger partial charge in [-0.2, -0.15) is 0 Å². The van der Waals surface area contributed by atoms with E-state index < -0.39 is 0 Å². The molecule has 3 rings (SSSR count). The van der Waals surface area contributed by atoms with Crippen molar-refractivity contribution >= 4 is 5.91 Å². The molecule has 0 bridgehead atoms. The molecule has 108 valence electrons. The molecular weight excluding hydrogens is 246 g/mol. The molecule has 1 atom stereocenters. The van der Waals surface area contributed by atoms with E-state index in [1.165, 1.54) is 51.4 Å². The second-order valence-electron chi connectivity index (χ2n) is 6.33. The van der Waals surface area contributed by atoms with E-state index in [-0.39, 0.29) is 5.91 Å². The standard InChI is InChI=1S/C18H25NO/c20-18(16-11-5-2-6-12-16)19-14-8-7-13-17(19)15-9-3-1-4-10-15/h2,5-6,11-12,15,17H,1,3-4,7-10,13-14H2. The van der Waals surface area contributed by atoms with Crippen molar-refractivity contribution in [3.8, 4) is 0 Å². The van der Waals surface area contributed by atoms with Crippen LogP contribution in [-0.4, -0.2) is 23.4 Å². The van der Waals surface area contributed by atoms with Crippen molar-refractivity contribution in [2.24, 2.45) is 5.92 Å². The Hall–Kier alpha value is -1.31. The number of benzene rings is 1. The molecule has 1 amide bonds. The minimum atomic E-state index is 0.251. The van der Waals surface area contributed by atoms with Gasteiger partial charge >= 0.3 is 0 Å². The zero-order chi connectivity index (χ0) is 13.8. The smallest absolute Gasteiger partial charge is 0.254 e. The molecule has 20 heavy (non-hydrogen) atoms. The highest BCUT2D eigenvalue weighted by Crippen LogP contribution is 2.34. The molecule has 1 aromatic rings. The van der Waals surface area contributed by atoms with Gasteiger partial charge in [-0.1, -0.05) is 37.5 Å². The summed E-state index contributed by atoms with van der Waals surface area (Å²) in [5.41, 5.74) is 0.857. The topological polar surface area (TPSA) is 20.3 Å². The maximum Gasteiger partial charge on any atom is 0.254 e. The molecule has 2 nitrogen and oxygen atoms in total. The summed E-state index contributed by atoms with van der Waals surface area (Å²) in [6, 6.07) is 10.3. The molecule has 1 aliphatic carbocycles. The van der Waals surface area contributed by atoms with E-state index in [1.807, 2.05) is 30.3 Å². The van der Waals surface area contributed by atoms with E-state index in [0.29, 0.717) is 6.04 Å². The van der Waals surface area contributed by atoms with Gasteiger partial charge in [0.2, 0.25) is 0 Å². The maximum atomic E-state index is 12.8. The van der Waals surface area contributed by atoms with Crippen molar-refractivity contribution in [2.75, 3.05) is 6.54 Å². The number of carbonyl (C=O) groups is 1. The molecule has 0 spiro atoms. The Kier molecular flexibility index (Phi) is 4.39. The van der Waals surface area contributed by atoms with Gasteiger partial charge in [0.15, 0.2) is 0 Å². The summed E-state index contributed by atoms with van der Waals surface area (Å²) < 4.78 is 0. The van der Waals surface area contributed by atoms with Gasteiger partial charge in [0.25, 0.3) is 5.91 Å². The molecule has 1 unspecified atom stereocenters. The number of piperidine rings is 1.